The molecule has 1 aromatic heterocycles. The van der Waals surface area contributed by atoms with Crippen molar-refractivity contribution in [1.29, 1.82) is 0 Å². The van der Waals surface area contributed by atoms with E-state index >= 15 is 0 Å². The van der Waals surface area contributed by atoms with Crippen molar-refractivity contribution in [2.45, 2.75) is 13.1 Å². The molecule has 0 fully saturated rings. The highest BCUT2D eigenvalue weighted by Crippen LogP contribution is 2.23. The maximum atomic E-state index is 14.3. The number of hydrogen-bond donors (Lipinski definition) is 0. The lowest BCUT2D eigenvalue weighted by atomic mass is 10.1. The van der Waals surface area contributed by atoms with Crippen LogP contribution in [0.5, 0.6) is 11.5 Å². The highest BCUT2D eigenvalue weighted by Gasteiger charge is 2.14. The average molecular weight is 351 g/mol. The van der Waals surface area contributed by atoms with Crippen LogP contribution in [0.2, 0.25) is 0 Å². The Labute approximate surface area is 152 Å². The number of rotatable bonds is 7. The average Bonchev–Trinajstić information content (AvgIpc) is 2.69. The zero-order valence-electron chi connectivity index (χ0n) is 14.8. The fraction of sp³-hybridized carbons (Fsp3) is 0.190. The van der Waals surface area contributed by atoms with Crippen molar-refractivity contribution < 1.29 is 13.9 Å². The van der Waals surface area contributed by atoms with Crippen LogP contribution in [0.3, 0.4) is 0 Å². The minimum absolute atomic E-state index is 0.301. The Morgan fingerprint density at radius 1 is 0.885 bits per heavy atom. The van der Waals surface area contributed by atoms with Gasteiger partial charge in [0.2, 0.25) is 0 Å². The van der Waals surface area contributed by atoms with E-state index in [1.807, 2.05) is 53.4 Å². The summed E-state index contributed by atoms with van der Waals surface area (Å²) in [5.41, 5.74) is 2.07. The molecule has 0 aliphatic heterocycles. The van der Waals surface area contributed by atoms with Crippen LogP contribution >= 0.6 is 0 Å². The molecule has 0 atom stereocenters. The second-order valence-electron chi connectivity index (χ2n) is 5.79. The molecule has 1 radical (unpaired) electrons. The summed E-state index contributed by atoms with van der Waals surface area (Å²) in [4.78, 5) is 6.08. The lowest BCUT2D eigenvalue weighted by Gasteiger charge is -2.24. The normalized spacial score (nSPS) is 10.4. The van der Waals surface area contributed by atoms with Gasteiger partial charge in [0.15, 0.2) is 11.6 Å². The van der Waals surface area contributed by atoms with Crippen LogP contribution in [0, 0.1) is 11.9 Å². The zero-order valence-corrected chi connectivity index (χ0v) is 14.8. The predicted molar refractivity (Wildman–Crippen MR) is 98.9 cm³/mol. The SMILES string of the molecule is COc1ccc(CN(Cc2ccc(OC)cc2)c2nc[c]cc2F)cc1. The molecule has 0 aliphatic rings. The molecule has 0 N–H and O–H groups in total. The van der Waals surface area contributed by atoms with Crippen LogP contribution in [0.1, 0.15) is 11.1 Å². The van der Waals surface area contributed by atoms with E-state index in [9.17, 15) is 4.39 Å². The maximum absolute atomic E-state index is 14.3. The van der Waals surface area contributed by atoms with Crippen molar-refractivity contribution in [2.75, 3.05) is 19.1 Å². The summed E-state index contributed by atoms with van der Waals surface area (Å²) in [7, 11) is 3.26. The molecule has 133 valence electrons. The Kier molecular flexibility index (Phi) is 5.69. The van der Waals surface area contributed by atoms with Crippen LogP contribution in [0.15, 0.2) is 60.8 Å². The molecule has 0 unspecified atom stereocenters. The van der Waals surface area contributed by atoms with E-state index in [1.54, 1.807) is 14.2 Å². The van der Waals surface area contributed by atoms with E-state index in [1.165, 1.54) is 12.3 Å². The second-order valence-corrected chi connectivity index (χ2v) is 5.79. The Morgan fingerprint density at radius 3 is 1.81 bits per heavy atom. The Bertz CT molecular complexity index is 786. The smallest absolute Gasteiger partial charge is 0.166 e. The second kappa shape index (κ2) is 8.34. The molecule has 0 saturated heterocycles. The van der Waals surface area contributed by atoms with E-state index < -0.39 is 5.82 Å². The molecule has 0 spiro atoms. The summed E-state index contributed by atoms with van der Waals surface area (Å²) in [6, 6.07) is 19.4. The van der Waals surface area contributed by atoms with Gasteiger partial charge in [0, 0.05) is 25.4 Å². The molecule has 0 amide bonds. The summed E-state index contributed by atoms with van der Waals surface area (Å²) in [6.45, 7) is 1.04. The lowest BCUT2D eigenvalue weighted by molar-refractivity contribution is 0.414. The number of aromatic nitrogens is 1. The van der Waals surface area contributed by atoms with E-state index in [4.69, 9.17) is 9.47 Å². The highest BCUT2D eigenvalue weighted by atomic mass is 19.1. The molecule has 2 aromatic carbocycles. The highest BCUT2D eigenvalue weighted by molar-refractivity contribution is 5.43. The van der Waals surface area contributed by atoms with Gasteiger partial charge in [-0.3, -0.25) is 0 Å². The van der Waals surface area contributed by atoms with Crippen molar-refractivity contribution in [2.24, 2.45) is 0 Å². The number of nitrogens with zero attached hydrogens (tertiary/aromatic N) is 2. The molecular formula is C21H20FN2O2. The summed E-state index contributed by atoms with van der Waals surface area (Å²) in [5.74, 6) is 1.48. The van der Waals surface area contributed by atoms with Gasteiger partial charge in [-0.15, -0.1) is 0 Å². The molecule has 3 aromatic rings. The Balaban J connectivity index is 1.86. The van der Waals surface area contributed by atoms with Crippen LogP contribution in [0.25, 0.3) is 0 Å². The largest absolute Gasteiger partial charge is 0.497 e. The predicted octanol–water partition coefficient (Wildman–Crippen LogP) is 4.24. The van der Waals surface area contributed by atoms with E-state index in [0.717, 1.165) is 22.6 Å². The first-order valence-electron chi connectivity index (χ1n) is 8.22. The number of anilines is 1. The van der Waals surface area contributed by atoms with E-state index in [2.05, 4.69) is 11.1 Å². The molecule has 0 saturated carbocycles. The van der Waals surface area contributed by atoms with Gasteiger partial charge in [-0.05, 0) is 41.5 Å². The fourth-order valence-electron chi connectivity index (χ4n) is 2.68. The first-order chi connectivity index (χ1) is 12.7. The topological polar surface area (TPSA) is 34.6 Å². The molecule has 1 heterocycles. The molecule has 0 aliphatic carbocycles. The van der Waals surface area contributed by atoms with Crippen molar-refractivity contribution >= 4 is 5.82 Å². The van der Waals surface area contributed by atoms with Crippen LogP contribution in [0.4, 0.5) is 10.2 Å². The number of hydrogen-bond acceptors (Lipinski definition) is 4. The first-order valence-corrected chi connectivity index (χ1v) is 8.22. The minimum Gasteiger partial charge on any atom is -0.497 e. The number of halogens is 1. The number of pyridine rings is 1. The van der Waals surface area contributed by atoms with Gasteiger partial charge in [-0.2, -0.15) is 0 Å². The third-order valence-corrected chi connectivity index (χ3v) is 4.05. The standard InChI is InChI=1S/C21H20FN2O2/c1-25-18-9-5-16(6-10-18)14-24(21-20(22)4-3-13-23-21)15-17-7-11-19(26-2)12-8-17/h4-13H,14-15H2,1-2H3. The molecule has 0 bridgehead atoms. The summed E-state index contributed by atoms with van der Waals surface area (Å²) < 4.78 is 24.7. The number of benzene rings is 2. The molecule has 4 nitrogen and oxygen atoms in total. The first kappa shape index (κ1) is 17.7. The van der Waals surface area contributed by atoms with Gasteiger partial charge < -0.3 is 14.4 Å². The fourth-order valence-corrected chi connectivity index (χ4v) is 2.68. The van der Waals surface area contributed by atoms with Gasteiger partial charge in [-0.25, -0.2) is 9.37 Å². The zero-order chi connectivity index (χ0) is 18.4. The number of ether oxygens (including phenoxy) is 2. The van der Waals surface area contributed by atoms with Gasteiger partial charge in [0.25, 0.3) is 0 Å². The Hall–Kier alpha value is -3.08. The van der Waals surface area contributed by atoms with Gasteiger partial charge in [0.05, 0.1) is 14.2 Å². The molecule has 3 rings (SSSR count). The molecular weight excluding hydrogens is 331 g/mol. The quantitative estimate of drug-likeness (QED) is 0.637. The Morgan fingerprint density at radius 2 is 1.38 bits per heavy atom. The summed E-state index contributed by atoms with van der Waals surface area (Å²) in [5, 5.41) is 0. The molecule has 26 heavy (non-hydrogen) atoms. The third-order valence-electron chi connectivity index (χ3n) is 4.05. The van der Waals surface area contributed by atoms with Gasteiger partial charge in [-0.1, -0.05) is 24.3 Å². The van der Waals surface area contributed by atoms with Crippen LogP contribution in [-0.2, 0) is 13.1 Å². The van der Waals surface area contributed by atoms with E-state index in [-0.39, 0.29) is 0 Å². The van der Waals surface area contributed by atoms with Gasteiger partial charge >= 0.3 is 0 Å². The van der Waals surface area contributed by atoms with Crippen molar-refractivity contribution in [1.82, 2.24) is 4.98 Å². The molecule has 5 heteroatoms. The van der Waals surface area contributed by atoms with Crippen molar-refractivity contribution in [3.8, 4) is 11.5 Å². The monoisotopic (exact) mass is 351 g/mol. The van der Waals surface area contributed by atoms with Crippen LogP contribution < -0.4 is 14.4 Å². The van der Waals surface area contributed by atoms with Gasteiger partial charge in [0.1, 0.15) is 11.5 Å². The summed E-state index contributed by atoms with van der Waals surface area (Å²) >= 11 is 0. The van der Waals surface area contributed by atoms with Crippen LogP contribution in [-0.4, -0.2) is 19.2 Å². The van der Waals surface area contributed by atoms with Crippen molar-refractivity contribution in [3.63, 3.8) is 0 Å². The third kappa shape index (κ3) is 4.30. The number of methoxy groups -OCH3 is 2. The van der Waals surface area contributed by atoms with Crippen molar-refractivity contribution in [3.05, 3.63) is 83.8 Å². The van der Waals surface area contributed by atoms with E-state index in [0.29, 0.717) is 18.9 Å². The maximum Gasteiger partial charge on any atom is 0.166 e. The minimum atomic E-state index is -0.394. The lowest BCUT2D eigenvalue weighted by Crippen LogP contribution is -2.24. The summed E-state index contributed by atoms with van der Waals surface area (Å²) in [6.07, 6.45) is 1.48.